The maximum Gasteiger partial charge on any atom is 0.297 e. The molecule has 0 bridgehead atoms. The molecule has 228 valence electrons. The highest BCUT2D eigenvalue weighted by Gasteiger charge is 2.25. The van der Waals surface area contributed by atoms with Crippen molar-refractivity contribution in [2.75, 3.05) is 5.73 Å². The summed E-state index contributed by atoms with van der Waals surface area (Å²) in [4.78, 5) is -1.08. The smallest absolute Gasteiger partial charge is 0.297 e. The number of benzene rings is 5. The molecule has 14 heteroatoms. The van der Waals surface area contributed by atoms with Crippen LogP contribution in [0.3, 0.4) is 0 Å². The van der Waals surface area contributed by atoms with Crippen LogP contribution in [0.15, 0.2) is 103 Å². The molecule has 0 atom stereocenters. The third-order valence-electron chi connectivity index (χ3n) is 6.57. The Hall–Kier alpha value is -4.76. The van der Waals surface area contributed by atoms with Gasteiger partial charge < -0.3 is 10.8 Å². The standard InChI is InChI=1S/C28H23N5O7S2.C2H6/c1-15-7-3-6-10-20(15)30-33-26-22(41(35,36)37)14-18-13-16(2)25(27(34)23(18)24(26)29)32-31-21-12-11-17-8-4-5-9-19(17)28(21)42(38,39)40;1-2/h3-14,34H,29H2,1-2H3,(H,35,36,37)(H,38,39,40);1-2H3. The summed E-state index contributed by atoms with van der Waals surface area (Å²) in [5.74, 6) is -0.505. The molecule has 0 aliphatic carbocycles. The fraction of sp³-hybridized carbons (Fsp3) is 0.133. The second-order valence-corrected chi connectivity index (χ2v) is 12.1. The summed E-state index contributed by atoms with van der Waals surface area (Å²) in [5, 5.41) is 28.3. The van der Waals surface area contributed by atoms with Gasteiger partial charge in [0.2, 0.25) is 0 Å². The highest BCUT2D eigenvalue weighted by molar-refractivity contribution is 7.86. The monoisotopic (exact) mass is 635 g/mol. The second-order valence-electron chi connectivity index (χ2n) is 9.40. The van der Waals surface area contributed by atoms with Crippen LogP contribution in [0.2, 0.25) is 0 Å². The highest BCUT2D eigenvalue weighted by atomic mass is 32.2. The Morgan fingerprint density at radius 1 is 0.659 bits per heavy atom. The molecule has 0 radical (unpaired) electrons. The van der Waals surface area contributed by atoms with Crippen LogP contribution >= 0.6 is 0 Å². The van der Waals surface area contributed by atoms with E-state index >= 15 is 0 Å². The number of aryl methyl sites for hydroxylation is 2. The quantitative estimate of drug-likeness (QED) is 0.0810. The summed E-state index contributed by atoms with van der Waals surface area (Å²) in [6.07, 6.45) is 0. The first-order valence-electron chi connectivity index (χ1n) is 13.2. The summed E-state index contributed by atoms with van der Waals surface area (Å²) >= 11 is 0. The van der Waals surface area contributed by atoms with Crippen molar-refractivity contribution < 1.29 is 31.0 Å². The summed E-state index contributed by atoms with van der Waals surface area (Å²) in [5.41, 5.74) is 6.79. The van der Waals surface area contributed by atoms with Gasteiger partial charge in [0.1, 0.15) is 26.9 Å². The van der Waals surface area contributed by atoms with Gasteiger partial charge in [-0.05, 0) is 60.0 Å². The van der Waals surface area contributed by atoms with Crippen LogP contribution in [0.1, 0.15) is 25.0 Å². The number of aromatic hydroxyl groups is 1. The first kappa shape index (κ1) is 32.2. The minimum atomic E-state index is -4.82. The van der Waals surface area contributed by atoms with Gasteiger partial charge in [-0.1, -0.05) is 62.4 Å². The zero-order chi connectivity index (χ0) is 32.4. The number of azo groups is 2. The Bertz CT molecular complexity index is 2200. The third kappa shape index (κ3) is 6.28. The maximum absolute atomic E-state index is 12.3. The molecule has 12 nitrogen and oxygen atoms in total. The first-order valence-corrected chi connectivity index (χ1v) is 16.1. The predicted molar refractivity (Wildman–Crippen MR) is 169 cm³/mol. The van der Waals surface area contributed by atoms with Crippen molar-refractivity contribution in [2.45, 2.75) is 37.5 Å². The minimum Gasteiger partial charge on any atom is -0.505 e. The number of hydrogen-bond donors (Lipinski definition) is 4. The lowest BCUT2D eigenvalue weighted by molar-refractivity contribution is 0.480. The number of rotatable bonds is 6. The van der Waals surface area contributed by atoms with Gasteiger partial charge in [-0.25, -0.2) is 0 Å². The number of phenols is 1. The number of anilines is 1. The largest absolute Gasteiger partial charge is 0.505 e. The first-order chi connectivity index (χ1) is 20.8. The van der Waals surface area contributed by atoms with E-state index in [9.17, 15) is 31.0 Å². The van der Waals surface area contributed by atoms with E-state index in [-0.39, 0.29) is 33.2 Å². The second kappa shape index (κ2) is 12.5. The fourth-order valence-corrected chi connectivity index (χ4v) is 6.07. The molecule has 0 heterocycles. The Kier molecular flexibility index (Phi) is 9.11. The SMILES string of the molecule is CC.Cc1ccccc1N=Nc1c(S(=O)(=O)O)cc2cc(C)c(N=Nc3ccc4ccccc4c3S(=O)(=O)O)c(O)c2c1N. The van der Waals surface area contributed by atoms with E-state index in [1.807, 2.05) is 13.8 Å². The minimum absolute atomic E-state index is 0.0470. The lowest BCUT2D eigenvalue weighted by Crippen LogP contribution is -2.02. The van der Waals surface area contributed by atoms with Crippen LogP contribution in [0, 0.1) is 13.8 Å². The molecule has 0 fully saturated rings. The number of phenolic OH excluding ortho intramolecular Hbond substituents is 1. The molecule has 0 saturated carbocycles. The van der Waals surface area contributed by atoms with Crippen molar-refractivity contribution in [3.05, 3.63) is 83.9 Å². The number of nitrogens with zero attached hydrogens (tertiary/aromatic N) is 4. The van der Waals surface area contributed by atoms with E-state index in [1.165, 1.54) is 18.2 Å². The van der Waals surface area contributed by atoms with Gasteiger partial charge in [0.25, 0.3) is 20.2 Å². The van der Waals surface area contributed by atoms with Gasteiger partial charge in [-0.2, -0.15) is 21.9 Å². The average Bonchev–Trinajstić information content (AvgIpc) is 2.96. The Morgan fingerprint density at radius 2 is 1.27 bits per heavy atom. The third-order valence-corrected chi connectivity index (χ3v) is 8.38. The van der Waals surface area contributed by atoms with Gasteiger partial charge in [-0.15, -0.1) is 15.3 Å². The lowest BCUT2D eigenvalue weighted by Gasteiger charge is -2.14. The molecular formula is C30H29N5O7S2. The molecule has 0 saturated heterocycles. The molecule has 5 aromatic rings. The van der Waals surface area contributed by atoms with Crippen LogP contribution in [0.25, 0.3) is 21.5 Å². The molecule has 5 N–H and O–H groups in total. The summed E-state index contributed by atoms with van der Waals surface area (Å²) in [6, 6.07) is 18.9. The molecule has 0 aromatic heterocycles. The topological polar surface area (TPSA) is 204 Å². The van der Waals surface area contributed by atoms with Crippen molar-refractivity contribution in [1.82, 2.24) is 0 Å². The number of hydrogen-bond acceptors (Lipinski definition) is 10. The fourth-order valence-electron chi connectivity index (χ4n) is 4.56. The van der Waals surface area contributed by atoms with Crippen LogP contribution in [0.4, 0.5) is 28.4 Å². The van der Waals surface area contributed by atoms with Gasteiger partial charge in [0.05, 0.1) is 16.8 Å². The molecule has 0 aliphatic heterocycles. The summed E-state index contributed by atoms with van der Waals surface area (Å²) in [6.45, 7) is 7.32. The van der Waals surface area contributed by atoms with Gasteiger partial charge in [0, 0.05) is 5.39 Å². The van der Waals surface area contributed by atoms with Crippen LogP contribution < -0.4 is 5.73 Å². The Morgan fingerprint density at radius 3 is 1.93 bits per heavy atom. The van der Waals surface area contributed by atoms with Gasteiger partial charge in [-0.3, -0.25) is 9.11 Å². The van der Waals surface area contributed by atoms with E-state index in [0.717, 1.165) is 11.6 Å². The van der Waals surface area contributed by atoms with E-state index in [4.69, 9.17) is 5.73 Å². The van der Waals surface area contributed by atoms with Crippen molar-refractivity contribution in [2.24, 2.45) is 20.5 Å². The van der Waals surface area contributed by atoms with Crippen molar-refractivity contribution in [3.63, 3.8) is 0 Å². The van der Waals surface area contributed by atoms with E-state index in [0.29, 0.717) is 16.6 Å². The normalized spacial score (nSPS) is 12.2. The lowest BCUT2D eigenvalue weighted by atomic mass is 10.0. The summed E-state index contributed by atoms with van der Waals surface area (Å²) < 4.78 is 68.9. The predicted octanol–water partition coefficient (Wildman–Crippen LogP) is 8.25. The highest BCUT2D eigenvalue weighted by Crippen LogP contribution is 2.47. The average molecular weight is 636 g/mol. The zero-order valence-corrected chi connectivity index (χ0v) is 25.7. The Labute approximate surface area is 254 Å². The van der Waals surface area contributed by atoms with Crippen LogP contribution in [0.5, 0.6) is 5.75 Å². The number of nitrogen functional groups attached to an aromatic ring is 1. The van der Waals surface area contributed by atoms with E-state index in [2.05, 4.69) is 20.5 Å². The van der Waals surface area contributed by atoms with Crippen LogP contribution in [-0.4, -0.2) is 31.0 Å². The van der Waals surface area contributed by atoms with E-state index in [1.54, 1.807) is 62.4 Å². The van der Waals surface area contributed by atoms with Gasteiger partial charge in [0.15, 0.2) is 5.75 Å². The molecule has 5 aromatic carbocycles. The summed E-state index contributed by atoms with van der Waals surface area (Å²) in [7, 11) is -9.54. The van der Waals surface area contributed by atoms with Crippen molar-refractivity contribution >= 4 is 70.2 Å². The molecule has 0 unspecified atom stereocenters. The molecule has 0 amide bonds. The van der Waals surface area contributed by atoms with Crippen molar-refractivity contribution in [3.8, 4) is 5.75 Å². The molecule has 44 heavy (non-hydrogen) atoms. The van der Waals surface area contributed by atoms with E-state index < -0.39 is 41.5 Å². The molecule has 5 rings (SSSR count). The number of nitrogens with two attached hydrogens (primary N) is 1. The zero-order valence-electron chi connectivity index (χ0n) is 24.1. The molecular weight excluding hydrogens is 606 g/mol. The maximum atomic E-state index is 12.3. The van der Waals surface area contributed by atoms with Crippen LogP contribution in [-0.2, 0) is 20.2 Å². The molecule has 0 spiro atoms. The number of fused-ring (bicyclic) bond motifs is 2. The Balaban J connectivity index is 0.00000216. The van der Waals surface area contributed by atoms with Gasteiger partial charge >= 0.3 is 0 Å². The van der Waals surface area contributed by atoms with Crippen molar-refractivity contribution in [1.29, 1.82) is 0 Å². The molecule has 0 aliphatic rings.